The van der Waals surface area contributed by atoms with E-state index in [2.05, 4.69) is 5.16 Å². The van der Waals surface area contributed by atoms with Crippen molar-refractivity contribution in [3.05, 3.63) is 54.1 Å². The maximum Gasteiger partial charge on any atom is 0.338 e. The van der Waals surface area contributed by atoms with E-state index in [0.717, 1.165) is 5.56 Å². The fraction of sp³-hybridized carbons (Fsp3) is 0.227. The number of hydrogen-bond donors (Lipinski definition) is 0. The van der Waals surface area contributed by atoms with E-state index in [1.54, 1.807) is 18.2 Å². The van der Waals surface area contributed by atoms with Crippen LogP contribution in [0.1, 0.15) is 23.2 Å². The molecule has 0 N–H and O–H groups in total. The molecule has 0 aliphatic carbocycles. The molecule has 0 aliphatic heterocycles. The first-order valence-corrected chi connectivity index (χ1v) is 9.27. The molecule has 0 fully saturated rings. The topological polar surface area (TPSA) is 120 Å². The van der Waals surface area contributed by atoms with Gasteiger partial charge in [-0.2, -0.15) is 10.5 Å². The molecule has 0 unspecified atom stereocenters. The lowest BCUT2D eigenvalue weighted by atomic mass is 10.1. The molecular formula is C22H18N4O4. The van der Waals surface area contributed by atoms with Gasteiger partial charge in [-0.15, -0.1) is 0 Å². The minimum Gasteiger partial charge on any atom is -0.452 e. The number of hydrogen-bond acceptors (Lipinski definition) is 7. The normalized spacial score (nSPS) is 10.2. The summed E-state index contributed by atoms with van der Waals surface area (Å²) in [5.74, 6) is -0.577. The molecule has 0 saturated carbocycles. The Kier molecular flexibility index (Phi) is 6.75. The second-order valence-corrected chi connectivity index (χ2v) is 6.38. The monoisotopic (exact) mass is 402 g/mol. The van der Waals surface area contributed by atoms with Crippen molar-refractivity contribution in [2.75, 3.05) is 19.7 Å². The van der Waals surface area contributed by atoms with Crippen LogP contribution in [-0.4, -0.2) is 41.6 Å². The van der Waals surface area contributed by atoms with Crippen LogP contribution < -0.4 is 0 Å². The van der Waals surface area contributed by atoms with Crippen molar-refractivity contribution in [1.29, 1.82) is 10.5 Å². The molecule has 30 heavy (non-hydrogen) atoms. The quantitative estimate of drug-likeness (QED) is 0.530. The highest BCUT2D eigenvalue weighted by Gasteiger charge is 2.18. The van der Waals surface area contributed by atoms with Gasteiger partial charge in [0.1, 0.15) is 5.52 Å². The fourth-order valence-electron chi connectivity index (χ4n) is 2.90. The van der Waals surface area contributed by atoms with Crippen LogP contribution in [0.2, 0.25) is 0 Å². The van der Waals surface area contributed by atoms with Gasteiger partial charge in [-0.05, 0) is 18.2 Å². The van der Waals surface area contributed by atoms with Crippen LogP contribution >= 0.6 is 0 Å². The van der Waals surface area contributed by atoms with E-state index in [1.807, 2.05) is 42.5 Å². The van der Waals surface area contributed by atoms with Crippen LogP contribution in [0.25, 0.3) is 22.2 Å². The second kappa shape index (κ2) is 9.85. The maximum atomic E-state index is 12.5. The number of benzene rings is 2. The molecule has 2 aromatic carbocycles. The lowest BCUT2D eigenvalue weighted by Gasteiger charge is -2.20. The molecule has 8 nitrogen and oxygen atoms in total. The van der Waals surface area contributed by atoms with Crippen molar-refractivity contribution in [3.63, 3.8) is 0 Å². The minimum absolute atomic E-state index is 0.136. The van der Waals surface area contributed by atoms with Crippen LogP contribution in [0.4, 0.5) is 0 Å². The molecule has 0 atom stereocenters. The molecular weight excluding hydrogens is 384 g/mol. The molecule has 1 amide bonds. The van der Waals surface area contributed by atoms with E-state index in [0.29, 0.717) is 16.7 Å². The third-order valence-corrected chi connectivity index (χ3v) is 4.41. The zero-order valence-electron chi connectivity index (χ0n) is 16.1. The number of rotatable bonds is 8. The van der Waals surface area contributed by atoms with Crippen molar-refractivity contribution in [1.82, 2.24) is 10.1 Å². The minimum atomic E-state index is -0.661. The van der Waals surface area contributed by atoms with Gasteiger partial charge in [0.2, 0.25) is 0 Å². The average Bonchev–Trinajstić information content (AvgIpc) is 3.21. The van der Waals surface area contributed by atoms with E-state index in [9.17, 15) is 9.59 Å². The van der Waals surface area contributed by atoms with Crippen LogP contribution in [0.15, 0.2) is 53.1 Å². The van der Waals surface area contributed by atoms with Crippen LogP contribution in [0, 0.1) is 22.7 Å². The Labute approximate surface area is 172 Å². The van der Waals surface area contributed by atoms with Gasteiger partial charge in [0.05, 0.1) is 35.9 Å². The van der Waals surface area contributed by atoms with Crippen LogP contribution in [0.3, 0.4) is 0 Å². The van der Waals surface area contributed by atoms with E-state index in [-0.39, 0.29) is 31.5 Å². The number of carbonyl (C=O) groups is 2. The molecule has 150 valence electrons. The molecule has 0 bridgehead atoms. The smallest absolute Gasteiger partial charge is 0.338 e. The van der Waals surface area contributed by atoms with E-state index in [4.69, 9.17) is 19.8 Å². The molecule has 0 radical (unpaired) electrons. The Hall–Kier alpha value is -4.17. The standard InChI is InChI=1S/C22H18N4O4/c23-10-4-12-26(13-5-11-24)20(27)15-29-22(28)17-8-9-19-18(14-17)21(30-25-19)16-6-2-1-3-7-16/h1-3,6-9,14H,4-5,12-13,15H2. The van der Waals surface area contributed by atoms with Crippen molar-refractivity contribution < 1.29 is 18.8 Å². The van der Waals surface area contributed by atoms with Gasteiger partial charge in [-0.3, -0.25) is 4.79 Å². The van der Waals surface area contributed by atoms with Gasteiger partial charge in [0.15, 0.2) is 12.4 Å². The average molecular weight is 402 g/mol. The van der Waals surface area contributed by atoms with Crippen LogP contribution in [-0.2, 0) is 9.53 Å². The second-order valence-electron chi connectivity index (χ2n) is 6.38. The summed E-state index contributed by atoms with van der Waals surface area (Å²) in [7, 11) is 0. The van der Waals surface area contributed by atoms with Crippen LogP contribution in [0.5, 0.6) is 0 Å². The Morgan fingerprint density at radius 2 is 1.73 bits per heavy atom. The van der Waals surface area contributed by atoms with E-state index in [1.165, 1.54) is 4.90 Å². The molecule has 1 aromatic heterocycles. The van der Waals surface area contributed by atoms with Gasteiger partial charge in [0, 0.05) is 18.7 Å². The number of nitriles is 2. The van der Waals surface area contributed by atoms with Crippen molar-refractivity contribution in [2.45, 2.75) is 12.8 Å². The largest absolute Gasteiger partial charge is 0.452 e. The molecule has 8 heteroatoms. The summed E-state index contributed by atoms with van der Waals surface area (Å²) in [5.41, 5.74) is 1.68. The summed E-state index contributed by atoms with van der Waals surface area (Å²) in [6.45, 7) is -0.105. The summed E-state index contributed by atoms with van der Waals surface area (Å²) in [6.07, 6.45) is 0.273. The number of nitrogens with zero attached hydrogens (tertiary/aromatic N) is 4. The third kappa shape index (κ3) is 4.81. The summed E-state index contributed by atoms with van der Waals surface area (Å²) < 4.78 is 10.6. The molecule has 0 spiro atoms. The lowest BCUT2D eigenvalue weighted by Crippen LogP contribution is -2.36. The van der Waals surface area contributed by atoms with Gasteiger partial charge in [0.25, 0.3) is 5.91 Å². The highest BCUT2D eigenvalue weighted by Crippen LogP contribution is 2.29. The summed E-state index contributed by atoms with van der Waals surface area (Å²) >= 11 is 0. The first-order valence-electron chi connectivity index (χ1n) is 9.27. The van der Waals surface area contributed by atoms with E-state index < -0.39 is 18.5 Å². The molecule has 3 rings (SSSR count). The number of aromatic nitrogens is 1. The van der Waals surface area contributed by atoms with Gasteiger partial charge in [-0.25, -0.2) is 4.79 Å². The van der Waals surface area contributed by atoms with Gasteiger partial charge >= 0.3 is 5.97 Å². The Balaban J connectivity index is 1.71. The molecule has 1 heterocycles. The zero-order chi connectivity index (χ0) is 21.3. The van der Waals surface area contributed by atoms with E-state index >= 15 is 0 Å². The number of esters is 1. The SMILES string of the molecule is N#CCCN(CCC#N)C(=O)COC(=O)c1ccc2noc(-c3ccccc3)c2c1. The van der Waals surface area contributed by atoms with Gasteiger partial charge in [-0.1, -0.05) is 35.5 Å². The van der Waals surface area contributed by atoms with Crippen molar-refractivity contribution in [3.8, 4) is 23.5 Å². The number of ether oxygens (including phenoxy) is 1. The predicted octanol–water partition coefficient (Wildman–Crippen LogP) is 3.31. The predicted molar refractivity (Wildman–Crippen MR) is 107 cm³/mol. The number of amides is 1. The molecule has 0 aliphatic rings. The highest BCUT2D eigenvalue weighted by molar-refractivity contribution is 5.99. The first kappa shape index (κ1) is 20.6. The molecule has 0 saturated heterocycles. The zero-order valence-corrected chi connectivity index (χ0v) is 16.1. The van der Waals surface area contributed by atoms with Crippen molar-refractivity contribution in [2.24, 2.45) is 0 Å². The summed E-state index contributed by atoms with van der Waals surface area (Å²) in [6, 6.07) is 18.1. The Morgan fingerprint density at radius 3 is 2.40 bits per heavy atom. The van der Waals surface area contributed by atoms with Crippen molar-refractivity contribution >= 4 is 22.8 Å². The number of carbonyl (C=O) groups excluding carboxylic acids is 2. The summed E-state index contributed by atoms with van der Waals surface area (Å²) in [4.78, 5) is 26.1. The number of fused-ring (bicyclic) bond motifs is 1. The lowest BCUT2D eigenvalue weighted by molar-refractivity contribution is -0.134. The summed E-state index contributed by atoms with van der Waals surface area (Å²) in [5, 5.41) is 22.1. The van der Waals surface area contributed by atoms with Gasteiger partial charge < -0.3 is 14.2 Å². The first-order chi connectivity index (χ1) is 14.6. The third-order valence-electron chi connectivity index (χ3n) is 4.41. The Bertz CT molecular complexity index is 1110. The molecule has 3 aromatic rings. The fourth-order valence-corrected chi connectivity index (χ4v) is 2.90. The maximum absolute atomic E-state index is 12.5. The highest BCUT2D eigenvalue weighted by atomic mass is 16.5. The Morgan fingerprint density at radius 1 is 1.03 bits per heavy atom.